The Kier molecular flexibility index (Phi) is 5.55. The second kappa shape index (κ2) is 8.68. The van der Waals surface area contributed by atoms with Gasteiger partial charge in [0.25, 0.3) is 11.8 Å². The van der Waals surface area contributed by atoms with Crippen molar-refractivity contribution < 1.29 is 18.7 Å². The highest BCUT2D eigenvalue weighted by Gasteiger charge is 2.42. The summed E-state index contributed by atoms with van der Waals surface area (Å²) in [6, 6.07) is 20.4. The average molecular weight is 475 g/mol. The van der Waals surface area contributed by atoms with E-state index in [0.717, 1.165) is 5.56 Å². The average Bonchev–Trinajstić information content (AvgIpc) is 3.11. The molecule has 8 heteroatoms. The number of benzene rings is 3. The zero-order chi connectivity index (χ0) is 23.8. The molecule has 0 saturated heterocycles. The molecule has 0 bridgehead atoms. The predicted octanol–water partition coefficient (Wildman–Crippen LogP) is 4.06. The quantitative estimate of drug-likeness (QED) is 0.454. The summed E-state index contributed by atoms with van der Waals surface area (Å²) in [4.78, 5) is 39.7. The molecule has 1 atom stereocenters. The van der Waals surface area contributed by atoms with E-state index in [1.807, 2.05) is 30.3 Å². The molecule has 2 N–H and O–H groups in total. The molecule has 170 valence electrons. The number of hydrogen-bond donors (Lipinski definition) is 1. The number of fused-ring (bicyclic) bond motifs is 2. The molecule has 1 aromatic heterocycles. The molecular formula is C26H19ClN2O5. The van der Waals surface area contributed by atoms with E-state index in [0.29, 0.717) is 27.3 Å². The lowest BCUT2D eigenvalue weighted by molar-refractivity contribution is -0.119. The lowest BCUT2D eigenvalue weighted by Crippen LogP contribution is -2.29. The summed E-state index contributed by atoms with van der Waals surface area (Å²) in [7, 11) is 0. The normalized spacial score (nSPS) is 14.9. The number of ether oxygens (including phenoxy) is 1. The van der Waals surface area contributed by atoms with Crippen LogP contribution >= 0.6 is 11.6 Å². The van der Waals surface area contributed by atoms with Crippen LogP contribution in [0.4, 0.5) is 0 Å². The van der Waals surface area contributed by atoms with Crippen molar-refractivity contribution in [3.63, 3.8) is 0 Å². The molecule has 1 aliphatic heterocycles. The molecule has 0 radical (unpaired) electrons. The van der Waals surface area contributed by atoms with Crippen LogP contribution in [0.15, 0.2) is 82.0 Å². The lowest BCUT2D eigenvalue weighted by atomic mass is 9.98. The van der Waals surface area contributed by atoms with Gasteiger partial charge >= 0.3 is 0 Å². The SMILES string of the molecule is NC(=O)COc1ccc([C@H]2c3c(oc4ccc(Cl)cc4c3=O)C(=O)N2Cc2ccccc2)cc1. The van der Waals surface area contributed by atoms with Gasteiger partial charge in [-0.05, 0) is 41.5 Å². The predicted molar refractivity (Wildman–Crippen MR) is 127 cm³/mol. The molecule has 0 saturated carbocycles. The molecule has 0 fully saturated rings. The Morgan fingerprint density at radius 1 is 1.03 bits per heavy atom. The molecule has 3 aromatic carbocycles. The Balaban J connectivity index is 1.64. The smallest absolute Gasteiger partial charge is 0.291 e. The van der Waals surface area contributed by atoms with Gasteiger partial charge in [0, 0.05) is 11.6 Å². The van der Waals surface area contributed by atoms with Gasteiger partial charge in [0.15, 0.2) is 12.0 Å². The number of nitrogens with two attached hydrogens (primary N) is 1. The molecule has 7 nitrogen and oxygen atoms in total. The summed E-state index contributed by atoms with van der Waals surface area (Å²) < 4.78 is 11.3. The van der Waals surface area contributed by atoms with Crippen molar-refractivity contribution in [3.8, 4) is 5.75 Å². The Morgan fingerprint density at radius 2 is 1.76 bits per heavy atom. The fourth-order valence-corrected chi connectivity index (χ4v) is 4.36. The molecule has 0 aliphatic carbocycles. The van der Waals surface area contributed by atoms with Crippen LogP contribution in [-0.4, -0.2) is 23.3 Å². The van der Waals surface area contributed by atoms with E-state index in [1.54, 1.807) is 47.4 Å². The van der Waals surface area contributed by atoms with Crippen LogP contribution in [0.3, 0.4) is 0 Å². The molecule has 0 spiro atoms. The first-order valence-corrected chi connectivity index (χ1v) is 10.9. The van der Waals surface area contributed by atoms with Crippen LogP contribution in [0, 0.1) is 0 Å². The van der Waals surface area contributed by atoms with Gasteiger partial charge in [0.05, 0.1) is 17.0 Å². The number of carbonyl (C=O) groups excluding carboxylic acids is 2. The van der Waals surface area contributed by atoms with E-state index in [1.165, 1.54) is 0 Å². The van der Waals surface area contributed by atoms with Gasteiger partial charge in [0.2, 0.25) is 5.76 Å². The highest BCUT2D eigenvalue weighted by molar-refractivity contribution is 6.31. The van der Waals surface area contributed by atoms with Crippen LogP contribution in [0.25, 0.3) is 11.0 Å². The topological polar surface area (TPSA) is 103 Å². The molecule has 5 rings (SSSR count). The summed E-state index contributed by atoms with van der Waals surface area (Å²) in [6.07, 6.45) is 0. The highest BCUT2D eigenvalue weighted by Crippen LogP contribution is 2.39. The van der Waals surface area contributed by atoms with Crippen LogP contribution < -0.4 is 15.9 Å². The second-order valence-corrected chi connectivity index (χ2v) is 8.40. The molecule has 4 aromatic rings. The number of amides is 2. The van der Waals surface area contributed by atoms with Gasteiger partial charge in [-0.15, -0.1) is 0 Å². The number of primary amides is 1. The molecule has 2 heterocycles. The van der Waals surface area contributed by atoms with Gasteiger partial charge in [-0.3, -0.25) is 14.4 Å². The third-order valence-corrected chi connectivity index (χ3v) is 5.94. The van der Waals surface area contributed by atoms with E-state index in [2.05, 4.69) is 0 Å². The van der Waals surface area contributed by atoms with E-state index >= 15 is 0 Å². The molecule has 2 amide bonds. The Bertz CT molecular complexity index is 1460. The first kappa shape index (κ1) is 21.7. The van der Waals surface area contributed by atoms with Crippen molar-refractivity contribution in [2.45, 2.75) is 12.6 Å². The van der Waals surface area contributed by atoms with Crippen molar-refractivity contribution in [2.24, 2.45) is 5.73 Å². The minimum Gasteiger partial charge on any atom is -0.484 e. The fraction of sp³-hybridized carbons (Fsp3) is 0.115. The molecular weight excluding hydrogens is 456 g/mol. The van der Waals surface area contributed by atoms with E-state index < -0.39 is 11.9 Å². The zero-order valence-corrected chi connectivity index (χ0v) is 18.6. The van der Waals surface area contributed by atoms with Crippen LogP contribution in [0.1, 0.15) is 33.3 Å². The highest BCUT2D eigenvalue weighted by atomic mass is 35.5. The first-order chi connectivity index (χ1) is 16.4. The largest absolute Gasteiger partial charge is 0.484 e. The van der Waals surface area contributed by atoms with Crippen LogP contribution in [0.5, 0.6) is 5.75 Å². The van der Waals surface area contributed by atoms with Crippen LogP contribution in [-0.2, 0) is 11.3 Å². The number of halogens is 1. The van der Waals surface area contributed by atoms with Gasteiger partial charge in [-0.1, -0.05) is 54.1 Å². The molecule has 34 heavy (non-hydrogen) atoms. The maximum Gasteiger partial charge on any atom is 0.291 e. The minimum absolute atomic E-state index is 0.0230. The Morgan fingerprint density at radius 3 is 2.47 bits per heavy atom. The van der Waals surface area contributed by atoms with Gasteiger partial charge in [-0.25, -0.2) is 0 Å². The van der Waals surface area contributed by atoms with E-state index in [4.69, 9.17) is 26.5 Å². The summed E-state index contributed by atoms with van der Waals surface area (Å²) in [5, 5.41) is 0.713. The van der Waals surface area contributed by atoms with Crippen molar-refractivity contribution in [3.05, 3.63) is 110 Å². The van der Waals surface area contributed by atoms with Crippen molar-refractivity contribution >= 4 is 34.4 Å². The maximum absolute atomic E-state index is 13.6. The zero-order valence-electron chi connectivity index (χ0n) is 17.9. The maximum atomic E-state index is 13.6. The third kappa shape index (κ3) is 3.91. The standard InChI is InChI=1S/C26H19ClN2O5/c27-17-8-11-20-19(12-17)24(31)22-23(16-6-9-18(10-7-16)33-14-21(28)30)29(26(32)25(22)34-20)13-15-4-2-1-3-5-15/h1-12,23H,13-14H2,(H2,28,30)/t23-/m0/s1. The number of hydrogen-bond acceptors (Lipinski definition) is 5. The summed E-state index contributed by atoms with van der Waals surface area (Å²) >= 11 is 6.12. The summed E-state index contributed by atoms with van der Waals surface area (Å²) in [5.41, 5.74) is 7.01. The molecule has 1 aliphatic rings. The summed E-state index contributed by atoms with van der Waals surface area (Å²) in [6.45, 7) is 0.0333. The van der Waals surface area contributed by atoms with Crippen molar-refractivity contribution in [2.75, 3.05) is 6.61 Å². The van der Waals surface area contributed by atoms with Gasteiger partial charge in [-0.2, -0.15) is 0 Å². The third-order valence-electron chi connectivity index (χ3n) is 5.70. The monoisotopic (exact) mass is 474 g/mol. The fourth-order valence-electron chi connectivity index (χ4n) is 4.18. The van der Waals surface area contributed by atoms with E-state index in [9.17, 15) is 14.4 Å². The number of nitrogens with zero attached hydrogens (tertiary/aromatic N) is 1. The minimum atomic E-state index is -0.674. The Labute approximate surface area is 199 Å². The van der Waals surface area contributed by atoms with Crippen molar-refractivity contribution in [1.29, 1.82) is 0 Å². The summed E-state index contributed by atoms with van der Waals surface area (Å²) in [5.74, 6) is -0.489. The van der Waals surface area contributed by atoms with Gasteiger partial charge < -0.3 is 19.8 Å². The number of rotatable bonds is 6. The van der Waals surface area contributed by atoms with Crippen molar-refractivity contribution in [1.82, 2.24) is 4.90 Å². The number of carbonyl (C=O) groups is 2. The first-order valence-electron chi connectivity index (χ1n) is 10.5. The second-order valence-electron chi connectivity index (χ2n) is 7.96. The van der Waals surface area contributed by atoms with E-state index in [-0.39, 0.29) is 35.8 Å². The van der Waals surface area contributed by atoms with Crippen LogP contribution in [0.2, 0.25) is 5.02 Å². The Hall–Kier alpha value is -4.10. The lowest BCUT2D eigenvalue weighted by Gasteiger charge is -2.25. The molecule has 0 unspecified atom stereocenters. The van der Waals surface area contributed by atoms with Gasteiger partial charge in [0.1, 0.15) is 11.3 Å².